The number of thiophene rings is 1. The van der Waals surface area contributed by atoms with Crippen molar-refractivity contribution >= 4 is 50.7 Å². The molecule has 3 rings (SSSR count). The minimum absolute atomic E-state index is 0.203. The molecule has 1 heterocycles. The molecule has 6 nitrogen and oxygen atoms in total. The number of esters is 1. The zero-order chi connectivity index (χ0) is 19.9. The van der Waals surface area contributed by atoms with Crippen LogP contribution in [0, 0.1) is 0 Å². The molecular weight excluding hydrogens is 444 g/mol. The normalized spacial score (nSPS) is 13.2. The van der Waals surface area contributed by atoms with Crippen molar-refractivity contribution < 1.29 is 19.1 Å². The van der Waals surface area contributed by atoms with E-state index in [-0.39, 0.29) is 12.5 Å². The van der Waals surface area contributed by atoms with E-state index >= 15 is 0 Å². The highest BCUT2D eigenvalue weighted by molar-refractivity contribution is 9.10. The van der Waals surface area contributed by atoms with Crippen LogP contribution in [0.25, 0.3) is 0 Å². The zero-order valence-corrected chi connectivity index (χ0v) is 17.7. The summed E-state index contributed by atoms with van der Waals surface area (Å²) in [6.45, 7) is -0.616. The average molecular weight is 465 g/mol. The van der Waals surface area contributed by atoms with Crippen LogP contribution in [0.5, 0.6) is 0 Å². The van der Waals surface area contributed by atoms with Gasteiger partial charge >= 0.3 is 5.97 Å². The van der Waals surface area contributed by atoms with E-state index in [0.29, 0.717) is 10.6 Å². The SMILES string of the molecule is O=C(COC(=O)c1cc2c(s1)CCCCC2)NCC(=O)Nc1ccccc1Br. The van der Waals surface area contributed by atoms with Crippen LogP contribution in [0.1, 0.15) is 39.4 Å². The van der Waals surface area contributed by atoms with E-state index in [0.717, 1.165) is 30.2 Å². The number of carbonyl (C=O) groups excluding carboxylic acids is 3. The van der Waals surface area contributed by atoms with Crippen LogP contribution in [0.3, 0.4) is 0 Å². The molecule has 0 fully saturated rings. The van der Waals surface area contributed by atoms with Crippen LogP contribution in [0.2, 0.25) is 0 Å². The van der Waals surface area contributed by atoms with Gasteiger partial charge in [-0.2, -0.15) is 0 Å². The molecule has 148 valence electrons. The van der Waals surface area contributed by atoms with E-state index < -0.39 is 18.5 Å². The predicted octanol–water partition coefficient (Wildman–Crippen LogP) is 3.69. The summed E-state index contributed by atoms with van der Waals surface area (Å²) in [6.07, 6.45) is 5.50. The Morgan fingerprint density at radius 1 is 1.07 bits per heavy atom. The molecule has 0 saturated carbocycles. The van der Waals surface area contributed by atoms with Gasteiger partial charge in [-0.05, 0) is 65.4 Å². The van der Waals surface area contributed by atoms with E-state index in [1.54, 1.807) is 18.2 Å². The maximum Gasteiger partial charge on any atom is 0.348 e. The molecule has 0 radical (unpaired) electrons. The number of hydrogen-bond donors (Lipinski definition) is 2. The number of benzene rings is 1. The molecule has 0 saturated heterocycles. The molecule has 1 aliphatic rings. The number of ether oxygens (including phenoxy) is 1. The van der Waals surface area contributed by atoms with Crippen LogP contribution >= 0.6 is 27.3 Å². The number of aryl methyl sites for hydroxylation is 2. The summed E-state index contributed by atoms with van der Waals surface area (Å²) in [6, 6.07) is 9.06. The summed E-state index contributed by atoms with van der Waals surface area (Å²) < 4.78 is 5.84. The predicted molar refractivity (Wildman–Crippen MR) is 112 cm³/mol. The van der Waals surface area contributed by atoms with Crippen molar-refractivity contribution in [3.05, 3.63) is 50.1 Å². The summed E-state index contributed by atoms with van der Waals surface area (Å²) >= 11 is 4.79. The Morgan fingerprint density at radius 2 is 1.86 bits per heavy atom. The first kappa shape index (κ1) is 20.5. The van der Waals surface area contributed by atoms with Gasteiger partial charge < -0.3 is 15.4 Å². The fraction of sp³-hybridized carbons (Fsp3) is 0.350. The fourth-order valence-electron chi connectivity index (χ4n) is 2.96. The van der Waals surface area contributed by atoms with Gasteiger partial charge in [0.15, 0.2) is 6.61 Å². The molecular formula is C20H21BrN2O4S. The lowest BCUT2D eigenvalue weighted by atomic mass is 10.1. The van der Waals surface area contributed by atoms with E-state index in [4.69, 9.17) is 4.74 Å². The summed E-state index contributed by atoms with van der Waals surface area (Å²) in [7, 11) is 0. The van der Waals surface area contributed by atoms with Crippen molar-refractivity contribution in [1.29, 1.82) is 0 Å². The third kappa shape index (κ3) is 5.65. The minimum atomic E-state index is -0.520. The van der Waals surface area contributed by atoms with Gasteiger partial charge in [-0.1, -0.05) is 18.6 Å². The van der Waals surface area contributed by atoms with E-state index in [1.165, 1.54) is 28.2 Å². The molecule has 0 bridgehead atoms. The molecule has 2 amide bonds. The standard InChI is InChI=1S/C20H21BrN2O4S/c21-14-7-4-5-8-15(14)23-18(24)11-22-19(25)12-27-20(26)17-10-13-6-2-1-3-9-16(13)28-17/h4-5,7-8,10H,1-3,6,9,11-12H2,(H,22,25)(H,23,24). The average Bonchev–Trinajstić information content (AvgIpc) is 2.97. The monoisotopic (exact) mass is 464 g/mol. The number of fused-ring (bicyclic) bond motifs is 1. The van der Waals surface area contributed by atoms with Gasteiger partial charge in [0.05, 0.1) is 12.2 Å². The second kappa shape index (κ2) is 9.84. The first-order valence-electron chi connectivity index (χ1n) is 9.12. The van der Waals surface area contributed by atoms with Crippen LogP contribution < -0.4 is 10.6 Å². The first-order chi connectivity index (χ1) is 13.5. The third-order valence-electron chi connectivity index (χ3n) is 4.38. The number of amides is 2. The number of halogens is 1. The first-order valence-corrected chi connectivity index (χ1v) is 10.7. The Labute approximate surface area is 175 Å². The van der Waals surface area contributed by atoms with E-state index in [2.05, 4.69) is 26.6 Å². The molecule has 0 spiro atoms. The summed E-state index contributed by atoms with van der Waals surface area (Å²) in [4.78, 5) is 37.8. The molecule has 1 aromatic carbocycles. The molecule has 1 aliphatic carbocycles. The van der Waals surface area contributed by atoms with E-state index in [9.17, 15) is 14.4 Å². The largest absolute Gasteiger partial charge is 0.451 e. The second-order valence-corrected chi connectivity index (χ2v) is 8.49. The van der Waals surface area contributed by atoms with Crippen LogP contribution in [-0.4, -0.2) is 30.9 Å². The lowest BCUT2D eigenvalue weighted by Gasteiger charge is -2.08. The van der Waals surface area contributed by atoms with Gasteiger partial charge in [0.2, 0.25) is 5.91 Å². The van der Waals surface area contributed by atoms with Crippen molar-refractivity contribution in [2.45, 2.75) is 32.1 Å². The summed E-state index contributed by atoms with van der Waals surface area (Å²) in [5.41, 5.74) is 1.84. The Balaban J connectivity index is 1.42. The summed E-state index contributed by atoms with van der Waals surface area (Å²) in [5, 5.41) is 5.13. The lowest BCUT2D eigenvalue weighted by molar-refractivity contribution is -0.126. The molecule has 28 heavy (non-hydrogen) atoms. The highest BCUT2D eigenvalue weighted by Crippen LogP contribution is 2.29. The molecule has 0 atom stereocenters. The van der Waals surface area contributed by atoms with Crippen molar-refractivity contribution in [2.75, 3.05) is 18.5 Å². The van der Waals surface area contributed by atoms with Crippen LogP contribution in [-0.2, 0) is 27.2 Å². The topological polar surface area (TPSA) is 84.5 Å². The number of para-hydroxylation sites is 1. The van der Waals surface area contributed by atoms with Crippen molar-refractivity contribution in [1.82, 2.24) is 5.32 Å². The fourth-order valence-corrected chi connectivity index (χ4v) is 4.49. The Morgan fingerprint density at radius 3 is 2.68 bits per heavy atom. The Bertz CT molecular complexity index is 857. The van der Waals surface area contributed by atoms with Crippen molar-refractivity contribution in [3.63, 3.8) is 0 Å². The highest BCUT2D eigenvalue weighted by atomic mass is 79.9. The lowest BCUT2D eigenvalue weighted by Crippen LogP contribution is -2.35. The quantitative estimate of drug-likeness (QED) is 0.504. The zero-order valence-electron chi connectivity index (χ0n) is 15.3. The van der Waals surface area contributed by atoms with Gasteiger partial charge in [0.1, 0.15) is 4.88 Å². The van der Waals surface area contributed by atoms with Gasteiger partial charge in [-0.15, -0.1) is 11.3 Å². The van der Waals surface area contributed by atoms with Gasteiger partial charge in [-0.25, -0.2) is 4.79 Å². The van der Waals surface area contributed by atoms with Crippen LogP contribution in [0.15, 0.2) is 34.8 Å². The summed E-state index contributed by atoms with van der Waals surface area (Å²) in [5.74, 6) is -1.38. The molecule has 2 aromatic rings. The maximum atomic E-state index is 12.2. The second-order valence-electron chi connectivity index (χ2n) is 6.50. The molecule has 8 heteroatoms. The molecule has 2 N–H and O–H groups in total. The number of rotatable bonds is 6. The Hall–Kier alpha value is -2.19. The molecule has 0 unspecified atom stereocenters. The molecule has 0 aliphatic heterocycles. The van der Waals surface area contributed by atoms with Crippen LogP contribution in [0.4, 0.5) is 5.69 Å². The van der Waals surface area contributed by atoms with Crippen molar-refractivity contribution in [3.8, 4) is 0 Å². The van der Waals surface area contributed by atoms with Gasteiger partial charge in [-0.3, -0.25) is 9.59 Å². The smallest absolute Gasteiger partial charge is 0.348 e. The number of carbonyl (C=O) groups is 3. The van der Waals surface area contributed by atoms with Gasteiger partial charge in [0, 0.05) is 9.35 Å². The highest BCUT2D eigenvalue weighted by Gasteiger charge is 2.18. The van der Waals surface area contributed by atoms with E-state index in [1.807, 2.05) is 12.1 Å². The number of anilines is 1. The molecule has 1 aromatic heterocycles. The number of nitrogens with one attached hydrogen (secondary N) is 2. The van der Waals surface area contributed by atoms with Gasteiger partial charge in [0.25, 0.3) is 5.91 Å². The maximum absolute atomic E-state index is 12.2. The number of hydrogen-bond acceptors (Lipinski definition) is 5. The Kier molecular flexibility index (Phi) is 7.22. The third-order valence-corrected chi connectivity index (χ3v) is 6.28. The van der Waals surface area contributed by atoms with Crippen molar-refractivity contribution in [2.24, 2.45) is 0 Å². The minimum Gasteiger partial charge on any atom is -0.451 e.